The Kier molecular flexibility index (Phi) is 7.60. The minimum Gasteiger partial charge on any atom is -0.496 e. The fraction of sp³-hybridized carbons (Fsp3) is 0.346. The van der Waals surface area contributed by atoms with Gasteiger partial charge in [-0.2, -0.15) is 5.10 Å². The minimum absolute atomic E-state index is 0.0879. The van der Waals surface area contributed by atoms with Crippen LogP contribution in [0.3, 0.4) is 0 Å². The number of carboxylic acid groups (broad SMARTS) is 1. The third-order valence-electron chi connectivity index (χ3n) is 6.37. The Hall–Kier alpha value is -3.52. The molecule has 0 spiro atoms. The average molecular weight is 498 g/mol. The summed E-state index contributed by atoms with van der Waals surface area (Å²) in [7, 11) is 3.10. The topological polar surface area (TPSA) is 103 Å². The van der Waals surface area contributed by atoms with Gasteiger partial charge in [0.25, 0.3) is 5.91 Å². The van der Waals surface area contributed by atoms with Gasteiger partial charge in [-0.05, 0) is 61.2 Å². The summed E-state index contributed by atoms with van der Waals surface area (Å²) in [5.74, 6) is -0.605. The Labute approximate surface area is 208 Å². The summed E-state index contributed by atoms with van der Waals surface area (Å²) in [6, 6.07) is 13.1. The van der Waals surface area contributed by atoms with Gasteiger partial charge in [0.2, 0.25) is 0 Å². The highest BCUT2D eigenvalue weighted by Crippen LogP contribution is 2.39. The Morgan fingerprint density at radius 3 is 2.26 bits per heavy atom. The van der Waals surface area contributed by atoms with Crippen LogP contribution in [0, 0.1) is 5.92 Å². The number of hydrogen-bond acceptors (Lipinski definition) is 5. The summed E-state index contributed by atoms with van der Waals surface area (Å²) in [4.78, 5) is 25.3. The van der Waals surface area contributed by atoms with Gasteiger partial charge in [0.05, 0.1) is 31.2 Å². The van der Waals surface area contributed by atoms with E-state index in [4.69, 9.17) is 21.1 Å². The number of ether oxygens (including phenoxy) is 2. The van der Waals surface area contributed by atoms with E-state index in [9.17, 15) is 14.7 Å². The monoisotopic (exact) mass is 497 g/mol. The minimum atomic E-state index is -1.03. The van der Waals surface area contributed by atoms with Crippen LogP contribution >= 0.6 is 11.6 Å². The zero-order valence-electron chi connectivity index (χ0n) is 19.7. The van der Waals surface area contributed by atoms with E-state index >= 15 is 0 Å². The summed E-state index contributed by atoms with van der Waals surface area (Å²) in [6.07, 6.45) is 4.58. The SMILES string of the molecule is COc1cccc(OC)c1-c1cc(C(=O)N[C@H](C(=O)O)C2CCCCC2)nn1-c1ccc(Cl)cc1. The zero-order chi connectivity index (χ0) is 24.9. The van der Waals surface area contributed by atoms with Crippen molar-refractivity contribution in [2.75, 3.05) is 14.2 Å². The number of aliphatic carboxylic acids is 1. The van der Waals surface area contributed by atoms with E-state index in [0.29, 0.717) is 33.5 Å². The first-order chi connectivity index (χ1) is 16.9. The molecule has 9 heteroatoms. The highest BCUT2D eigenvalue weighted by Gasteiger charge is 2.32. The normalized spacial score (nSPS) is 14.8. The molecule has 1 aromatic heterocycles. The predicted octanol–water partition coefficient (Wildman–Crippen LogP) is 4.97. The second-order valence-electron chi connectivity index (χ2n) is 8.53. The van der Waals surface area contributed by atoms with Crippen LogP contribution in [0.4, 0.5) is 0 Å². The number of carboxylic acids is 1. The number of nitrogens with one attached hydrogen (secondary N) is 1. The third kappa shape index (κ3) is 5.27. The van der Waals surface area contributed by atoms with E-state index in [1.807, 2.05) is 0 Å². The number of nitrogens with zero attached hydrogens (tertiary/aromatic N) is 2. The first-order valence-corrected chi connectivity index (χ1v) is 11.9. The van der Waals surface area contributed by atoms with Crippen LogP contribution in [0.1, 0.15) is 42.6 Å². The Balaban J connectivity index is 1.78. The molecule has 1 atom stereocenters. The Morgan fingerprint density at radius 1 is 1.06 bits per heavy atom. The van der Waals surface area contributed by atoms with E-state index in [2.05, 4.69) is 10.4 Å². The van der Waals surface area contributed by atoms with Crippen LogP contribution in [0.2, 0.25) is 5.02 Å². The van der Waals surface area contributed by atoms with Gasteiger partial charge >= 0.3 is 5.97 Å². The highest BCUT2D eigenvalue weighted by atomic mass is 35.5. The van der Waals surface area contributed by atoms with Crippen molar-refractivity contribution in [3.63, 3.8) is 0 Å². The average Bonchev–Trinajstić information content (AvgIpc) is 3.32. The van der Waals surface area contributed by atoms with Crippen LogP contribution in [-0.2, 0) is 4.79 Å². The lowest BCUT2D eigenvalue weighted by molar-refractivity contribution is -0.141. The molecule has 0 radical (unpaired) electrons. The van der Waals surface area contributed by atoms with Gasteiger partial charge < -0.3 is 19.9 Å². The van der Waals surface area contributed by atoms with Crippen LogP contribution in [-0.4, -0.2) is 47.0 Å². The van der Waals surface area contributed by atoms with Crippen molar-refractivity contribution in [1.29, 1.82) is 0 Å². The molecule has 184 valence electrons. The standard InChI is InChI=1S/C26H28ClN3O5/c1-34-21-9-6-10-22(35-2)23(21)20-15-19(29-30(20)18-13-11-17(27)12-14-18)25(31)28-24(26(32)33)16-7-4-3-5-8-16/h6,9-16,24H,3-5,7-8H2,1-2H3,(H,28,31)(H,32,33)/t24-/m0/s1. The van der Waals surface area contributed by atoms with E-state index in [1.165, 1.54) is 0 Å². The van der Waals surface area contributed by atoms with Crippen molar-refractivity contribution in [1.82, 2.24) is 15.1 Å². The van der Waals surface area contributed by atoms with E-state index in [-0.39, 0.29) is 11.6 Å². The number of aromatic nitrogens is 2. The quantitative estimate of drug-likeness (QED) is 0.455. The third-order valence-corrected chi connectivity index (χ3v) is 6.62. The lowest BCUT2D eigenvalue weighted by Gasteiger charge is -2.27. The van der Waals surface area contributed by atoms with Crippen molar-refractivity contribution < 1.29 is 24.2 Å². The highest BCUT2D eigenvalue weighted by molar-refractivity contribution is 6.30. The molecular weight excluding hydrogens is 470 g/mol. The smallest absolute Gasteiger partial charge is 0.326 e. The van der Waals surface area contributed by atoms with Gasteiger partial charge in [0.1, 0.15) is 17.5 Å². The van der Waals surface area contributed by atoms with Crippen LogP contribution in [0.15, 0.2) is 48.5 Å². The van der Waals surface area contributed by atoms with Crippen molar-refractivity contribution in [2.24, 2.45) is 5.92 Å². The van der Waals surface area contributed by atoms with Crippen LogP contribution in [0.25, 0.3) is 16.9 Å². The summed E-state index contributed by atoms with van der Waals surface area (Å²) in [6.45, 7) is 0. The number of carbonyl (C=O) groups excluding carboxylic acids is 1. The molecule has 0 saturated heterocycles. The number of methoxy groups -OCH3 is 2. The molecular formula is C26H28ClN3O5. The second kappa shape index (κ2) is 10.8. The number of halogens is 1. The van der Waals surface area contributed by atoms with Crippen molar-refractivity contribution in [3.05, 3.63) is 59.2 Å². The lowest BCUT2D eigenvalue weighted by atomic mass is 9.84. The Morgan fingerprint density at radius 2 is 1.69 bits per heavy atom. The molecule has 8 nitrogen and oxygen atoms in total. The number of rotatable bonds is 8. The summed E-state index contributed by atoms with van der Waals surface area (Å²) in [5.41, 5.74) is 1.92. The molecule has 0 bridgehead atoms. The van der Waals surface area contributed by atoms with E-state index < -0.39 is 17.9 Å². The first kappa shape index (κ1) is 24.6. The zero-order valence-corrected chi connectivity index (χ0v) is 20.4. The van der Waals surface area contributed by atoms with Gasteiger partial charge in [0, 0.05) is 5.02 Å². The van der Waals surface area contributed by atoms with E-state index in [1.54, 1.807) is 67.4 Å². The van der Waals surface area contributed by atoms with Gasteiger partial charge in [-0.15, -0.1) is 0 Å². The Bertz CT molecular complexity index is 1180. The first-order valence-electron chi connectivity index (χ1n) is 11.5. The van der Waals surface area contributed by atoms with Crippen LogP contribution < -0.4 is 14.8 Å². The van der Waals surface area contributed by atoms with Crippen molar-refractivity contribution in [3.8, 4) is 28.4 Å². The number of hydrogen-bond donors (Lipinski definition) is 2. The van der Waals surface area contributed by atoms with Crippen molar-refractivity contribution in [2.45, 2.75) is 38.1 Å². The molecule has 35 heavy (non-hydrogen) atoms. The molecule has 1 aliphatic rings. The molecule has 2 N–H and O–H groups in total. The number of amides is 1. The molecule has 1 saturated carbocycles. The molecule has 1 aliphatic carbocycles. The summed E-state index contributed by atoms with van der Waals surface area (Å²) >= 11 is 6.08. The molecule has 1 fully saturated rings. The predicted molar refractivity (Wildman–Crippen MR) is 133 cm³/mol. The van der Waals surface area contributed by atoms with Gasteiger partial charge in [0.15, 0.2) is 5.69 Å². The summed E-state index contributed by atoms with van der Waals surface area (Å²) in [5, 5.41) is 17.6. The lowest BCUT2D eigenvalue weighted by Crippen LogP contribution is -2.46. The fourth-order valence-electron chi connectivity index (χ4n) is 4.62. The molecule has 0 unspecified atom stereocenters. The van der Waals surface area contributed by atoms with Gasteiger partial charge in [-0.1, -0.05) is 36.9 Å². The molecule has 1 amide bonds. The van der Waals surface area contributed by atoms with Crippen LogP contribution in [0.5, 0.6) is 11.5 Å². The number of benzene rings is 2. The molecule has 3 aromatic rings. The second-order valence-corrected chi connectivity index (χ2v) is 8.96. The molecule has 0 aliphatic heterocycles. The molecule has 2 aromatic carbocycles. The maximum Gasteiger partial charge on any atom is 0.326 e. The largest absolute Gasteiger partial charge is 0.496 e. The van der Waals surface area contributed by atoms with Gasteiger partial charge in [-0.25, -0.2) is 9.48 Å². The van der Waals surface area contributed by atoms with Crippen molar-refractivity contribution >= 4 is 23.5 Å². The fourth-order valence-corrected chi connectivity index (χ4v) is 4.74. The maximum atomic E-state index is 13.3. The van der Waals surface area contributed by atoms with E-state index in [0.717, 1.165) is 32.1 Å². The summed E-state index contributed by atoms with van der Waals surface area (Å²) < 4.78 is 12.8. The molecule has 1 heterocycles. The molecule has 4 rings (SSSR count). The van der Waals surface area contributed by atoms with Gasteiger partial charge in [-0.3, -0.25) is 4.79 Å². The number of carbonyl (C=O) groups is 2. The maximum absolute atomic E-state index is 13.3.